The van der Waals surface area contributed by atoms with Crippen molar-refractivity contribution in [2.45, 2.75) is 31.0 Å². The summed E-state index contributed by atoms with van der Waals surface area (Å²) < 4.78 is 1.90. The molecule has 5 nitrogen and oxygen atoms in total. The van der Waals surface area contributed by atoms with Crippen molar-refractivity contribution in [2.24, 2.45) is 5.92 Å². The average molecular weight is 332 g/mol. The largest absolute Gasteiger partial charge is 0.328 e. The molecule has 4 rings (SSSR count). The molecule has 2 aliphatic rings. The Bertz CT molecular complexity index is 776. The Morgan fingerprint density at radius 2 is 2.36 bits per heavy atom. The fourth-order valence-corrected chi connectivity index (χ4v) is 4.59. The van der Waals surface area contributed by atoms with Gasteiger partial charge in [-0.2, -0.15) is 4.98 Å². The number of carbonyl (C=O) groups excluding carboxylic acids is 1. The maximum Gasteiger partial charge on any atom is 0.227 e. The smallest absolute Gasteiger partial charge is 0.227 e. The van der Waals surface area contributed by atoms with Crippen molar-refractivity contribution in [2.75, 3.05) is 11.6 Å². The molecule has 22 heavy (non-hydrogen) atoms. The number of nitrogens with zero attached hydrogens (tertiary/aromatic N) is 3. The van der Waals surface area contributed by atoms with Crippen molar-refractivity contribution in [3.63, 3.8) is 0 Å². The topological polar surface area (TPSA) is 59.8 Å². The van der Waals surface area contributed by atoms with Crippen LogP contribution in [0.5, 0.6) is 0 Å². The molecular formula is C15H16N4OS2. The van der Waals surface area contributed by atoms with Crippen molar-refractivity contribution < 1.29 is 4.79 Å². The minimum Gasteiger partial charge on any atom is -0.328 e. The van der Waals surface area contributed by atoms with Crippen molar-refractivity contribution in [1.82, 2.24) is 14.8 Å². The summed E-state index contributed by atoms with van der Waals surface area (Å²) in [5.41, 5.74) is 2.20. The van der Waals surface area contributed by atoms with Crippen LogP contribution in [0.2, 0.25) is 0 Å². The molecule has 0 fully saturated rings. The molecule has 7 heteroatoms. The number of Topliss-reactive ketones (excluding diaryl/α,β-unsaturated/α-hetero) is 1. The molecular weight excluding hydrogens is 316 g/mol. The fraction of sp³-hybridized carbons (Fsp3) is 0.400. The third kappa shape index (κ3) is 2.03. The van der Waals surface area contributed by atoms with E-state index in [1.165, 1.54) is 22.2 Å². The number of nitrogens with one attached hydrogen (secondary N) is 1. The molecule has 2 aromatic heterocycles. The predicted octanol–water partition coefficient (Wildman–Crippen LogP) is 3.25. The number of ketones is 1. The van der Waals surface area contributed by atoms with Gasteiger partial charge in [0.25, 0.3) is 0 Å². The van der Waals surface area contributed by atoms with Crippen LogP contribution in [0.25, 0.3) is 0 Å². The van der Waals surface area contributed by atoms with Gasteiger partial charge in [-0.15, -0.1) is 16.4 Å². The zero-order valence-corrected chi connectivity index (χ0v) is 14.0. The molecule has 0 spiro atoms. The lowest BCUT2D eigenvalue weighted by atomic mass is 9.82. The first-order valence-electron chi connectivity index (χ1n) is 7.23. The fourth-order valence-electron chi connectivity index (χ4n) is 3.19. The summed E-state index contributed by atoms with van der Waals surface area (Å²) in [6, 6.07) is 2.02. The van der Waals surface area contributed by atoms with E-state index < -0.39 is 0 Å². The monoisotopic (exact) mass is 332 g/mol. The SMILES string of the molecule is CSc1nc2n(n1)[C@H](c1sccc1C)[C@H]1C(=O)CCC=C1N2. The first kappa shape index (κ1) is 14.0. The lowest BCUT2D eigenvalue weighted by Gasteiger charge is -2.35. The highest BCUT2D eigenvalue weighted by molar-refractivity contribution is 7.98. The summed E-state index contributed by atoms with van der Waals surface area (Å²) in [6.07, 6.45) is 5.51. The maximum atomic E-state index is 12.6. The zero-order valence-electron chi connectivity index (χ0n) is 12.4. The Morgan fingerprint density at radius 1 is 1.50 bits per heavy atom. The third-order valence-electron chi connectivity index (χ3n) is 4.24. The van der Waals surface area contributed by atoms with Gasteiger partial charge in [0.05, 0.1) is 5.92 Å². The van der Waals surface area contributed by atoms with Gasteiger partial charge >= 0.3 is 0 Å². The molecule has 114 valence electrons. The minimum atomic E-state index is -0.171. The Morgan fingerprint density at radius 3 is 3.09 bits per heavy atom. The van der Waals surface area contributed by atoms with Crippen molar-refractivity contribution in [3.05, 3.63) is 33.7 Å². The molecule has 2 aromatic rings. The van der Waals surface area contributed by atoms with Crippen molar-refractivity contribution in [3.8, 4) is 0 Å². The van der Waals surface area contributed by atoms with Crippen LogP contribution in [0.15, 0.2) is 28.4 Å². The third-order valence-corrected chi connectivity index (χ3v) is 5.86. The molecule has 0 radical (unpaired) electrons. The second-order valence-corrected chi connectivity index (χ2v) is 7.27. The van der Waals surface area contributed by atoms with Gasteiger partial charge in [0.15, 0.2) is 0 Å². The average Bonchev–Trinajstić information content (AvgIpc) is 3.11. The second kappa shape index (κ2) is 5.24. The highest BCUT2D eigenvalue weighted by Gasteiger charge is 2.42. The van der Waals surface area contributed by atoms with Crippen LogP contribution >= 0.6 is 23.1 Å². The number of hydrogen-bond donors (Lipinski definition) is 1. The highest BCUT2D eigenvalue weighted by Crippen LogP contribution is 2.44. The Balaban J connectivity index is 1.92. The van der Waals surface area contributed by atoms with E-state index in [1.807, 2.05) is 10.9 Å². The van der Waals surface area contributed by atoms with E-state index in [0.717, 1.165) is 23.2 Å². The van der Waals surface area contributed by atoms with Crippen molar-refractivity contribution in [1.29, 1.82) is 0 Å². The molecule has 0 unspecified atom stereocenters. The van der Waals surface area contributed by atoms with E-state index in [1.54, 1.807) is 11.3 Å². The molecule has 0 bridgehead atoms. The van der Waals surface area contributed by atoms with Gasteiger partial charge in [-0.25, -0.2) is 4.68 Å². The van der Waals surface area contributed by atoms with E-state index in [2.05, 4.69) is 39.8 Å². The van der Waals surface area contributed by atoms with E-state index in [-0.39, 0.29) is 17.7 Å². The number of rotatable bonds is 2. The molecule has 1 aliphatic heterocycles. The van der Waals surface area contributed by atoms with Gasteiger partial charge in [0.2, 0.25) is 11.1 Å². The van der Waals surface area contributed by atoms with E-state index in [4.69, 9.17) is 0 Å². The van der Waals surface area contributed by atoms with E-state index in [9.17, 15) is 4.79 Å². The maximum absolute atomic E-state index is 12.6. The highest BCUT2D eigenvalue weighted by atomic mass is 32.2. The predicted molar refractivity (Wildman–Crippen MR) is 88.4 cm³/mol. The standard InChI is InChI=1S/C15H16N4OS2/c1-8-6-7-22-13(8)12-11-9(4-3-5-10(11)20)16-14-17-15(21-2)18-19(12)14/h4,6-7,11-12H,3,5H2,1-2H3,(H,16,17,18)/t11-,12+/m1/s1. The normalized spacial score (nSPS) is 23.5. The van der Waals surface area contributed by atoms with Gasteiger partial charge in [0.1, 0.15) is 11.8 Å². The molecule has 0 aromatic carbocycles. The van der Waals surface area contributed by atoms with Gasteiger partial charge in [-0.1, -0.05) is 17.8 Å². The molecule has 3 heterocycles. The first-order valence-corrected chi connectivity index (χ1v) is 9.34. The van der Waals surface area contributed by atoms with Crippen LogP contribution in [-0.4, -0.2) is 26.8 Å². The van der Waals surface area contributed by atoms with Gasteiger partial charge in [0, 0.05) is 17.0 Å². The summed E-state index contributed by atoms with van der Waals surface area (Å²) in [5.74, 6) is 0.851. The van der Waals surface area contributed by atoms with Crippen LogP contribution in [0.3, 0.4) is 0 Å². The molecule has 0 amide bonds. The lowest BCUT2D eigenvalue weighted by molar-refractivity contribution is -0.123. The van der Waals surface area contributed by atoms with Crippen LogP contribution in [0.4, 0.5) is 5.95 Å². The molecule has 1 aliphatic carbocycles. The van der Waals surface area contributed by atoms with Crippen LogP contribution < -0.4 is 5.32 Å². The Hall–Kier alpha value is -1.60. The number of thioether (sulfide) groups is 1. The van der Waals surface area contributed by atoms with Crippen LogP contribution in [0.1, 0.15) is 29.3 Å². The van der Waals surface area contributed by atoms with Crippen molar-refractivity contribution >= 4 is 34.8 Å². The van der Waals surface area contributed by atoms with Crippen LogP contribution in [0, 0.1) is 12.8 Å². The van der Waals surface area contributed by atoms with Crippen LogP contribution in [-0.2, 0) is 4.79 Å². The molecule has 0 saturated carbocycles. The number of carbonyl (C=O) groups is 1. The quantitative estimate of drug-likeness (QED) is 0.856. The summed E-state index contributed by atoms with van der Waals surface area (Å²) in [4.78, 5) is 18.3. The summed E-state index contributed by atoms with van der Waals surface area (Å²) >= 11 is 3.21. The number of fused-ring (bicyclic) bond motifs is 2. The summed E-state index contributed by atoms with van der Waals surface area (Å²) in [5, 5.41) is 10.7. The van der Waals surface area contributed by atoms with E-state index in [0.29, 0.717) is 6.42 Å². The Labute approximate surface area is 136 Å². The summed E-state index contributed by atoms with van der Waals surface area (Å²) in [7, 11) is 0. The number of aromatic nitrogens is 3. The van der Waals surface area contributed by atoms with Gasteiger partial charge in [-0.3, -0.25) is 4.79 Å². The van der Waals surface area contributed by atoms with Gasteiger partial charge < -0.3 is 5.32 Å². The lowest BCUT2D eigenvalue weighted by Crippen LogP contribution is -2.38. The number of aryl methyl sites for hydroxylation is 1. The van der Waals surface area contributed by atoms with E-state index >= 15 is 0 Å². The number of hydrogen-bond acceptors (Lipinski definition) is 6. The number of allylic oxidation sites excluding steroid dienone is 2. The number of anilines is 1. The zero-order chi connectivity index (χ0) is 15.3. The number of thiophene rings is 1. The second-order valence-electron chi connectivity index (χ2n) is 5.55. The minimum absolute atomic E-state index is 0.0799. The summed E-state index contributed by atoms with van der Waals surface area (Å²) in [6.45, 7) is 2.09. The molecule has 2 atom stereocenters. The van der Waals surface area contributed by atoms with Gasteiger partial charge in [-0.05, 0) is 36.6 Å². The first-order chi connectivity index (χ1) is 10.7. The molecule has 1 N–H and O–H groups in total. The Kier molecular flexibility index (Phi) is 3.34. The molecule has 0 saturated heterocycles.